The summed E-state index contributed by atoms with van der Waals surface area (Å²) in [7, 11) is 3.17. The Morgan fingerprint density at radius 1 is 1.08 bits per heavy atom. The molecule has 6 nitrogen and oxygen atoms in total. The fraction of sp³-hybridized carbons (Fsp3) is 0.105. The van der Waals surface area contributed by atoms with Crippen LogP contribution in [0.3, 0.4) is 0 Å². The van der Waals surface area contributed by atoms with Gasteiger partial charge < -0.3 is 15.4 Å². The number of hydrogen-bond donors (Lipinski definition) is 2. The van der Waals surface area contributed by atoms with Crippen molar-refractivity contribution in [3.05, 3.63) is 65.2 Å². The molecule has 0 fully saturated rings. The summed E-state index contributed by atoms with van der Waals surface area (Å²) in [5.74, 6) is 0.228. The summed E-state index contributed by atoms with van der Waals surface area (Å²) < 4.78 is 5.14. The van der Waals surface area contributed by atoms with Gasteiger partial charge in [-0.3, -0.25) is 9.59 Å². The highest BCUT2D eigenvalue weighted by molar-refractivity contribution is 7.13. The van der Waals surface area contributed by atoms with Crippen molar-refractivity contribution >= 4 is 28.8 Å². The van der Waals surface area contributed by atoms with Gasteiger partial charge in [-0.15, -0.1) is 11.3 Å². The molecule has 0 bridgehead atoms. The second kappa shape index (κ2) is 7.79. The van der Waals surface area contributed by atoms with Crippen molar-refractivity contribution in [2.45, 2.75) is 0 Å². The summed E-state index contributed by atoms with van der Waals surface area (Å²) in [5, 5.41) is 7.77. The lowest BCUT2D eigenvalue weighted by Crippen LogP contribution is -2.18. The largest absolute Gasteiger partial charge is 0.497 e. The molecule has 0 saturated heterocycles. The first-order valence-electron chi connectivity index (χ1n) is 7.84. The lowest BCUT2D eigenvalue weighted by molar-refractivity contribution is 0.0961. The average molecular weight is 367 g/mol. The van der Waals surface area contributed by atoms with Crippen LogP contribution in [-0.2, 0) is 0 Å². The van der Waals surface area contributed by atoms with Crippen LogP contribution < -0.4 is 15.4 Å². The molecule has 0 unspecified atom stereocenters. The van der Waals surface area contributed by atoms with Crippen LogP contribution in [0.25, 0.3) is 10.6 Å². The van der Waals surface area contributed by atoms with Crippen LogP contribution in [0.2, 0.25) is 0 Å². The summed E-state index contributed by atoms with van der Waals surface area (Å²) in [5.41, 5.74) is 2.25. The molecule has 0 aliphatic carbocycles. The fourth-order valence-corrected chi connectivity index (χ4v) is 3.13. The second-order valence-corrected chi connectivity index (χ2v) is 6.24. The number of anilines is 1. The Hall–Kier alpha value is -3.19. The SMILES string of the molecule is CNC(=O)c1cccc(NC(=O)c2csc(-c3ccc(OC)cc3)n2)c1. The van der Waals surface area contributed by atoms with E-state index in [2.05, 4.69) is 15.6 Å². The molecule has 0 spiro atoms. The molecule has 0 aliphatic heterocycles. The molecule has 1 heterocycles. The molecule has 132 valence electrons. The fourth-order valence-electron chi connectivity index (χ4n) is 2.32. The monoisotopic (exact) mass is 367 g/mol. The van der Waals surface area contributed by atoms with Gasteiger partial charge in [-0.1, -0.05) is 6.07 Å². The Morgan fingerprint density at radius 2 is 1.85 bits per heavy atom. The molecule has 3 aromatic rings. The number of methoxy groups -OCH3 is 1. The van der Waals surface area contributed by atoms with E-state index in [0.717, 1.165) is 16.3 Å². The highest BCUT2D eigenvalue weighted by atomic mass is 32.1. The van der Waals surface area contributed by atoms with E-state index in [1.807, 2.05) is 24.3 Å². The molecular formula is C19H17N3O3S. The zero-order valence-electron chi connectivity index (χ0n) is 14.3. The molecule has 3 rings (SSSR count). The minimum absolute atomic E-state index is 0.212. The Bertz CT molecular complexity index is 935. The van der Waals surface area contributed by atoms with Gasteiger partial charge in [0.2, 0.25) is 0 Å². The molecule has 26 heavy (non-hydrogen) atoms. The standard InChI is InChI=1S/C19H17N3O3S/c1-20-17(23)13-4-3-5-14(10-13)21-18(24)16-11-26-19(22-16)12-6-8-15(25-2)9-7-12/h3-11H,1-2H3,(H,20,23)(H,21,24). The molecule has 0 aliphatic rings. The highest BCUT2D eigenvalue weighted by Crippen LogP contribution is 2.26. The van der Waals surface area contributed by atoms with E-state index >= 15 is 0 Å². The van der Waals surface area contributed by atoms with E-state index in [4.69, 9.17) is 4.74 Å². The second-order valence-electron chi connectivity index (χ2n) is 5.38. The third-order valence-electron chi connectivity index (χ3n) is 3.68. The molecule has 0 radical (unpaired) electrons. The van der Waals surface area contributed by atoms with Gasteiger partial charge in [-0.2, -0.15) is 0 Å². The first-order chi connectivity index (χ1) is 12.6. The van der Waals surface area contributed by atoms with Crippen LogP contribution in [0, 0.1) is 0 Å². The molecule has 2 amide bonds. The summed E-state index contributed by atoms with van der Waals surface area (Å²) >= 11 is 1.39. The Kier molecular flexibility index (Phi) is 5.28. The maximum Gasteiger partial charge on any atom is 0.275 e. The number of benzene rings is 2. The van der Waals surface area contributed by atoms with Gasteiger partial charge in [0.1, 0.15) is 16.5 Å². The van der Waals surface area contributed by atoms with Crippen LogP contribution in [-0.4, -0.2) is 31.0 Å². The lowest BCUT2D eigenvalue weighted by Gasteiger charge is -2.05. The maximum absolute atomic E-state index is 12.4. The number of ether oxygens (including phenoxy) is 1. The van der Waals surface area contributed by atoms with Crippen molar-refractivity contribution in [2.75, 3.05) is 19.5 Å². The van der Waals surface area contributed by atoms with Crippen molar-refractivity contribution < 1.29 is 14.3 Å². The number of nitrogens with zero attached hydrogens (tertiary/aromatic N) is 1. The Balaban J connectivity index is 1.75. The summed E-state index contributed by atoms with van der Waals surface area (Å²) in [6.07, 6.45) is 0. The van der Waals surface area contributed by atoms with E-state index in [-0.39, 0.29) is 11.8 Å². The number of amides is 2. The average Bonchev–Trinajstić information content (AvgIpc) is 3.18. The number of aromatic nitrogens is 1. The van der Waals surface area contributed by atoms with E-state index < -0.39 is 0 Å². The first kappa shape index (κ1) is 17.6. The van der Waals surface area contributed by atoms with E-state index in [1.54, 1.807) is 43.8 Å². The Labute approximate surface area is 154 Å². The van der Waals surface area contributed by atoms with Crippen LogP contribution in [0.4, 0.5) is 5.69 Å². The van der Waals surface area contributed by atoms with Gasteiger partial charge in [-0.25, -0.2) is 4.98 Å². The predicted octanol–water partition coefficient (Wildman–Crippen LogP) is 3.43. The molecule has 2 N–H and O–H groups in total. The van der Waals surface area contributed by atoms with Gasteiger partial charge in [-0.05, 0) is 42.5 Å². The number of nitrogens with one attached hydrogen (secondary N) is 2. The number of carbonyl (C=O) groups excluding carboxylic acids is 2. The van der Waals surface area contributed by atoms with E-state index in [0.29, 0.717) is 16.9 Å². The Morgan fingerprint density at radius 3 is 2.54 bits per heavy atom. The smallest absolute Gasteiger partial charge is 0.275 e. The van der Waals surface area contributed by atoms with Gasteiger partial charge in [0.25, 0.3) is 11.8 Å². The van der Waals surface area contributed by atoms with Crippen molar-refractivity contribution in [3.8, 4) is 16.3 Å². The third-order valence-corrected chi connectivity index (χ3v) is 4.57. The molecule has 0 atom stereocenters. The quantitative estimate of drug-likeness (QED) is 0.724. The first-order valence-corrected chi connectivity index (χ1v) is 8.72. The van der Waals surface area contributed by atoms with Gasteiger partial charge >= 0.3 is 0 Å². The molecular weight excluding hydrogens is 350 g/mol. The van der Waals surface area contributed by atoms with Gasteiger partial charge in [0.05, 0.1) is 7.11 Å². The van der Waals surface area contributed by atoms with Crippen molar-refractivity contribution in [2.24, 2.45) is 0 Å². The van der Waals surface area contributed by atoms with Crippen molar-refractivity contribution in [1.29, 1.82) is 0 Å². The van der Waals surface area contributed by atoms with Gasteiger partial charge in [0.15, 0.2) is 0 Å². The molecule has 0 saturated carbocycles. The summed E-state index contributed by atoms with van der Waals surface area (Å²) in [6.45, 7) is 0. The molecule has 2 aromatic carbocycles. The molecule has 7 heteroatoms. The van der Waals surface area contributed by atoms with Crippen molar-refractivity contribution in [3.63, 3.8) is 0 Å². The van der Waals surface area contributed by atoms with Crippen molar-refractivity contribution in [1.82, 2.24) is 10.3 Å². The number of carbonyl (C=O) groups is 2. The zero-order chi connectivity index (χ0) is 18.5. The van der Waals surface area contributed by atoms with Crippen LogP contribution in [0.15, 0.2) is 53.9 Å². The number of hydrogen-bond acceptors (Lipinski definition) is 5. The highest BCUT2D eigenvalue weighted by Gasteiger charge is 2.13. The van der Waals surface area contributed by atoms with Gasteiger partial charge in [0, 0.05) is 29.2 Å². The zero-order valence-corrected chi connectivity index (χ0v) is 15.1. The van der Waals surface area contributed by atoms with E-state index in [1.165, 1.54) is 11.3 Å². The summed E-state index contributed by atoms with van der Waals surface area (Å²) in [4.78, 5) is 28.5. The minimum atomic E-state index is -0.324. The number of rotatable bonds is 5. The summed E-state index contributed by atoms with van der Waals surface area (Å²) in [6, 6.07) is 14.2. The normalized spacial score (nSPS) is 10.2. The minimum Gasteiger partial charge on any atom is -0.497 e. The molecule has 1 aromatic heterocycles. The van der Waals surface area contributed by atoms with Crippen LogP contribution in [0.5, 0.6) is 5.75 Å². The topological polar surface area (TPSA) is 80.3 Å². The van der Waals surface area contributed by atoms with Crippen LogP contribution >= 0.6 is 11.3 Å². The van der Waals surface area contributed by atoms with Crippen LogP contribution in [0.1, 0.15) is 20.8 Å². The lowest BCUT2D eigenvalue weighted by atomic mass is 10.2. The predicted molar refractivity (Wildman–Crippen MR) is 102 cm³/mol. The maximum atomic E-state index is 12.4. The number of thiazole rings is 1. The van der Waals surface area contributed by atoms with E-state index in [9.17, 15) is 9.59 Å². The third kappa shape index (κ3) is 3.89.